The molecule has 1 aromatic carbocycles. The summed E-state index contributed by atoms with van der Waals surface area (Å²) >= 11 is 8.82. The van der Waals surface area contributed by atoms with E-state index in [0.717, 1.165) is 14.6 Å². The highest BCUT2D eigenvalue weighted by Crippen LogP contribution is 2.30. The van der Waals surface area contributed by atoms with Crippen LogP contribution in [0, 0.1) is 0 Å². The van der Waals surface area contributed by atoms with Gasteiger partial charge in [-0.25, -0.2) is 4.98 Å². The predicted octanol–water partition coefficient (Wildman–Crippen LogP) is 3.67. The largest absolute Gasteiger partial charge is 0.363 e. The van der Waals surface area contributed by atoms with Crippen molar-refractivity contribution in [3.63, 3.8) is 0 Å². The second kappa shape index (κ2) is 5.82. The van der Waals surface area contributed by atoms with Crippen molar-refractivity contribution in [3.05, 3.63) is 35.6 Å². The van der Waals surface area contributed by atoms with Gasteiger partial charge in [-0.15, -0.1) is 11.3 Å². The number of amides is 1. The van der Waals surface area contributed by atoms with Crippen molar-refractivity contribution in [2.45, 2.75) is 4.34 Å². The molecule has 0 unspecified atom stereocenters. The molecule has 5 nitrogen and oxygen atoms in total. The second-order valence-corrected chi connectivity index (χ2v) is 6.50. The molecule has 0 saturated heterocycles. The molecular weight excluding hydrogens is 318 g/mol. The van der Waals surface area contributed by atoms with Crippen molar-refractivity contribution >= 4 is 56.6 Å². The molecule has 2 aromatic heterocycles. The quantitative estimate of drug-likeness (QED) is 0.741. The first-order valence-electron chi connectivity index (χ1n) is 5.60. The van der Waals surface area contributed by atoms with E-state index in [1.54, 1.807) is 6.07 Å². The molecule has 0 aliphatic carbocycles. The van der Waals surface area contributed by atoms with Crippen LogP contribution in [0.15, 0.2) is 39.4 Å². The number of carbonyl (C=O) groups excluding carboxylic acids is 1. The van der Waals surface area contributed by atoms with Crippen LogP contribution in [0.5, 0.6) is 0 Å². The Morgan fingerprint density at radius 1 is 1.45 bits per heavy atom. The summed E-state index contributed by atoms with van der Waals surface area (Å²) in [7, 11) is 0. The van der Waals surface area contributed by atoms with Crippen molar-refractivity contribution in [3.8, 4) is 0 Å². The number of nitrogens with zero attached hydrogens (tertiary/aromatic N) is 2. The maximum absolute atomic E-state index is 11.7. The van der Waals surface area contributed by atoms with Gasteiger partial charge in [0.2, 0.25) is 5.91 Å². The number of benzene rings is 1. The van der Waals surface area contributed by atoms with Crippen molar-refractivity contribution in [1.82, 2.24) is 10.1 Å². The van der Waals surface area contributed by atoms with Gasteiger partial charge >= 0.3 is 0 Å². The molecule has 0 fully saturated rings. The molecule has 0 aliphatic heterocycles. The SMILES string of the molecule is O=C(CSc1nc2cc(Cl)ccc2s1)Nc1ccon1. The van der Waals surface area contributed by atoms with Gasteiger partial charge < -0.3 is 9.84 Å². The fourth-order valence-corrected chi connectivity index (χ4v) is 3.54. The Labute approximate surface area is 127 Å². The average Bonchev–Trinajstić information content (AvgIpc) is 3.04. The predicted molar refractivity (Wildman–Crippen MR) is 80.5 cm³/mol. The highest BCUT2D eigenvalue weighted by molar-refractivity contribution is 8.01. The summed E-state index contributed by atoms with van der Waals surface area (Å²) in [5, 5.41) is 6.89. The van der Waals surface area contributed by atoms with Gasteiger partial charge in [-0.2, -0.15) is 0 Å². The molecule has 3 rings (SSSR count). The molecule has 0 radical (unpaired) electrons. The number of halogens is 1. The average molecular weight is 326 g/mol. The number of fused-ring (bicyclic) bond motifs is 1. The summed E-state index contributed by atoms with van der Waals surface area (Å²) in [5.74, 6) is 0.522. The number of hydrogen-bond acceptors (Lipinski definition) is 6. The minimum atomic E-state index is -0.152. The lowest BCUT2D eigenvalue weighted by atomic mass is 10.3. The van der Waals surface area contributed by atoms with Gasteiger partial charge in [0.05, 0.1) is 16.0 Å². The third-order valence-corrected chi connectivity index (χ3v) is 4.78. The van der Waals surface area contributed by atoms with Gasteiger partial charge in [0, 0.05) is 11.1 Å². The zero-order valence-corrected chi connectivity index (χ0v) is 12.4. The number of thiazole rings is 1. The number of anilines is 1. The lowest BCUT2D eigenvalue weighted by Crippen LogP contribution is -2.14. The molecular formula is C12H8ClN3O2S2. The highest BCUT2D eigenvalue weighted by Gasteiger charge is 2.09. The standard InChI is InChI=1S/C12H8ClN3O2S2/c13-7-1-2-9-8(5-7)14-12(20-9)19-6-11(17)15-10-3-4-18-16-10/h1-5H,6H2,(H,15,16,17). The van der Waals surface area contributed by atoms with E-state index in [4.69, 9.17) is 11.6 Å². The second-order valence-electron chi connectivity index (χ2n) is 3.81. The third-order valence-electron chi connectivity index (χ3n) is 2.36. The van der Waals surface area contributed by atoms with Crippen LogP contribution in [0.3, 0.4) is 0 Å². The molecule has 2 heterocycles. The Kier molecular flexibility index (Phi) is 3.90. The fraction of sp³-hybridized carbons (Fsp3) is 0.0833. The number of rotatable bonds is 4. The van der Waals surface area contributed by atoms with Crippen LogP contribution in [-0.2, 0) is 4.79 Å². The topological polar surface area (TPSA) is 68.0 Å². The normalized spacial score (nSPS) is 10.8. The van der Waals surface area contributed by atoms with E-state index in [2.05, 4.69) is 20.0 Å². The Morgan fingerprint density at radius 3 is 3.15 bits per heavy atom. The molecule has 8 heteroatoms. The van der Waals surface area contributed by atoms with Crippen LogP contribution in [0.1, 0.15) is 0 Å². The van der Waals surface area contributed by atoms with Gasteiger partial charge in [0.1, 0.15) is 6.26 Å². The van der Waals surface area contributed by atoms with Gasteiger partial charge in [0.25, 0.3) is 0 Å². The summed E-state index contributed by atoms with van der Waals surface area (Å²) in [6, 6.07) is 7.15. The number of thioether (sulfide) groups is 1. The zero-order valence-electron chi connectivity index (χ0n) is 10.00. The van der Waals surface area contributed by atoms with Crippen molar-refractivity contribution in [2.24, 2.45) is 0 Å². The Morgan fingerprint density at radius 2 is 2.35 bits per heavy atom. The van der Waals surface area contributed by atoms with E-state index >= 15 is 0 Å². The Bertz CT molecular complexity index is 742. The fourth-order valence-electron chi connectivity index (χ4n) is 1.52. The Hall–Kier alpha value is -1.57. The van der Waals surface area contributed by atoms with Gasteiger partial charge in [0.15, 0.2) is 10.2 Å². The van der Waals surface area contributed by atoms with Crippen LogP contribution >= 0.6 is 34.7 Å². The van der Waals surface area contributed by atoms with Crippen molar-refractivity contribution < 1.29 is 9.32 Å². The molecule has 102 valence electrons. The molecule has 0 atom stereocenters. The lowest BCUT2D eigenvalue weighted by Gasteiger charge is -1.98. The molecule has 0 spiro atoms. The van der Waals surface area contributed by atoms with E-state index in [1.165, 1.54) is 29.4 Å². The maximum atomic E-state index is 11.7. The monoisotopic (exact) mass is 325 g/mol. The number of nitrogens with one attached hydrogen (secondary N) is 1. The van der Waals surface area contributed by atoms with E-state index in [9.17, 15) is 4.79 Å². The summed E-state index contributed by atoms with van der Waals surface area (Å²) in [5.41, 5.74) is 0.849. The minimum absolute atomic E-state index is 0.152. The van der Waals surface area contributed by atoms with E-state index in [1.807, 2.05) is 18.2 Å². The number of aromatic nitrogens is 2. The van der Waals surface area contributed by atoms with Gasteiger partial charge in [-0.05, 0) is 18.2 Å². The van der Waals surface area contributed by atoms with Crippen LogP contribution in [0.2, 0.25) is 5.02 Å². The van der Waals surface area contributed by atoms with Gasteiger partial charge in [-0.1, -0.05) is 28.5 Å². The molecule has 1 amide bonds. The molecule has 0 saturated carbocycles. The molecule has 20 heavy (non-hydrogen) atoms. The van der Waals surface area contributed by atoms with Gasteiger partial charge in [-0.3, -0.25) is 4.79 Å². The molecule has 1 N–H and O–H groups in total. The maximum Gasteiger partial charge on any atom is 0.236 e. The third kappa shape index (κ3) is 3.12. The van der Waals surface area contributed by atoms with Crippen LogP contribution in [0.4, 0.5) is 5.82 Å². The molecule has 0 aliphatic rings. The highest BCUT2D eigenvalue weighted by atomic mass is 35.5. The summed E-state index contributed by atoms with van der Waals surface area (Å²) < 4.78 is 6.52. The zero-order chi connectivity index (χ0) is 13.9. The van der Waals surface area contributed by atoms with Crippen molar-refractivity contribution in [1.29, 1.82) is 0 Å². The van der Waals surface area contributed by atoms with Crippen LogP contribution in [0.25, 0.3) is 10.2 Å². The van der Waals surface area contributed by atoms with E-state index < -0.39 is 0 Å². The Balaban J connectivity index is 1.63. The van der Waals surface area contributed by atoms with Crippen molar-refractivity contribution in [2.75, 3.05) is 11.1 Å². The first kappa shape index (κ1) is 13.4. The van der Waals surface area contributed by atoms with E-state index in [0.29, 0.717) is 10.8 Å². The number of carbonyl (C=O) groups is 1. The molecule has 3 aromatic rings. The number of hydrogen-bond donors (Lipinski definition) is 1. The van der Waals surface area contributed by atoms with Crippen LogP contribution < -0.4 is 5.32 Å². The minimum Gasteiger partial charge on any atom is -0.363 e. The first-order chi connectivity index (χ1) is 9.70. The molecule has 0 bridgehead atoms. The lowest BCUT2D eigenvalue weighted by molar-refractivity contribution is -0.113. The summed E-state index contributed by atoms with van der Waals surface area (Å²) in [6.07, 6.45) is 1.40. The smallest absolute Gasteiger partial charge is 0.236 e. The first-order valence-corrected chi connectivity index (χ1v) is 7.78. The van der Waals surface area contributed by atoms with Crippen LogP contribution in [-0.4, -0.2) is 21.8 Å². The summed E-state index contributed by atoms with van der Waals surface area (Å²) in [6.45, 7) is 0. The summed E-state index contributed by atoms with van der Waals surface area (Å²) in [4.78, 5) is 16.1. The van der Waals surface area contributed by atoms with E-state index in [-0.39, 0.29) is 11.7 Å².